The lowest BCUT2D eigenvalue weighted by atomic mass is 10.1. The molecule has 2 heterocycles. The molecule has 0 fully saturated rings. The monoisotopic (exact) mass is 347 g/mol. The highest BCUT2D eigenvalue weighted by atomic mass is 16.5. The Bertz CT molecular complexity index is 971. The molecule has 132 valence electrons. The Morgan fingerprint density at radius 2 is 2.15 bits per heavy atom. The summed E-state index contributed by atoms with van der Waals surface area (Å²) in [7, 11) is 1.66. The van der Waals surface area contributed by atoms with Gasteiger partial charge in [0.25, 0.3) is 0 Å². The number of fused-ring (bicyclic) bond motifs is 1. The van der Waals surface area contributed by atoms with E-state index in [-0.39, 0.29) is 0 Å². The van der Waals surface area contributed by atoms with E-state index in [4.69, 9.17) is 15.5 Å². The van der Waals surface area contributed by atoms with E-state index in [9.17, 15) is 0 Å². The van der Waals surface area contributed by atoms with Gasteiger partial charge in [0.05, 0.1) is 18.9 Å². The van der Waals surface area contributed by atoms with Crippen LogP contribution in [0.4, 0.5) is 5.82 Å². The Kier molecular flexibility index (Phi) is 5.34. The smallest absolute Gasteiger partial charge is 0.165 e. The fourth-order valence-corrected chi connectivity index (χ4v) is 2.67. The van der Waals surface area contributed by atoms with Crippen LogP contribution >= 0.6 is 0 Å². The van der Waals surface area contributed by atoms with E-state index in [0.29, 0.717) is 6.54 Å². The van der Waals surface area contributed by atoms with Crippen molar-refractivity contribution in [2.45, 2.75) is 0 Å². The second-order valence-electron chi connectivity index (χ2n) is 5.53. The Labute approximate surface area is 152 Å². The number of nitrogens with zero attached hydrogens (tertiary/aromatic N) is 3. The molecule has 0 saturated carbocycles. The van der Waals surface area contributed by atoms with Crippen LogP contribution in [0.3, 0.4) is 0 Å². The molecular formula is C20H21N5O. The second-order valence-corrected chi connectivity index (χ2v) is 5.53. The maximum Gasteiger partial charge on any atom is 0.165 e. The first-order valence-corrected chi connectivity index (χ1v) is 8.18. The summed E-state index contributed by atoms with van der Waals surface area (Å²) in [6.07, 6.45) is 10.6. The molecule has 6 nitrogen and oxygen atoms in total. The third-order valence-corrected chi connectivity index (χ3v) is 3.88. The average molecular weight is 347 g/mol. The lowest BCUT2D eigenvalue weighted by Gasteiger charge is -2.08. The summed E-state index contributed by atoms with van der Waals surface area (Å²) in [5, 5.41) is 7.68. The summed E-state index contributed by atoms with van der Waals surface area (Å²) >= 11 is 0. The average Bonchev–Trinajstić information content (AvgIpc) is 3.09. The highest BCUT2D eigenvalue weighted by Gasteiger charge is 2.12. The number of methoxy groups -OCH3 is 1. The minimum Gasteiger partial charge on any atom is -0.496 e. The van der Waals surface area contributed by atoms with Crippen LogP contribution in [0.15, 0.2) is 79.3 Å². The third kappa shape index (κ3) is 3.59. The van der Waals surface area contributed by atoms with Crippen molar-refractivity contribution in [1.82, 2.24) is 14.6 Å². The van der Waals surface area contributed by atoms with Gasteiger partial charge in [-0.15, -0.1) is 0 Å². The van der Waals surface area contributed by atoms with Crippen LogP contribution in [0.25, 0.3) is 16.8 Å². The first-order chi connectivity index (χ1) is 12.8. The molecule has 0 bridgehead atoms. The highest BCUT2D eigenvalue weighted by molar-refractivity contribution is 5.81. The van der Waals surface area contributed by atoms with Crippen molar-refractivity contribution in [3.05, 3.63) is 79.3 Å². The fraction of sp³-hybridized carbons (Fsp3) is 0.100. The maximum absolute atomic E-state index is 5.48. The number of allylic oxidation sites excluding steroid dienone is 2. The van der Waals surface area contributed by atoms with Gasteiger partial charge in [-0.25, -0.2) is 9.50 Å². The standard InChI is InChI=1S/C20H21N5O/c1-3-6-15(9-11-21)13-22-19-10-12-25-20(24-19)17(14-23-25)16-7-4-5-8-18(16)26-2/h3-12,14H,1,13,21H2,2H3,(H,22,24)/b11-9-,15-6+. The molecule has 1 aromatic carbocycles. The molecule has 0 spiro atoms. The molecule has 2 aromatic heterocycles. The van der Waals surface area contributed by atoms with Crippen LogP contribution < -0.4 is 15.8 Å². The van der Waals surface area contributed by atoms with Gasteiger partial charge in [-0.3, -0.25) is 0 Å². The molecule has 0 aliphatic heterocycles. The first kappa shape index (κ1) is 17.3. The maximum atomic E-state index is 5.48. The number of nitrogens with two attached hydrogens (primary N) is 1. The molecular weight excluding hydrogens is 326 g/mol. The number of hydrogen-bond donors (Lipinski definition) is 2. The van der Waals surface area contributed by atoms with E-state index in [1.807, 2.05) is 48.7 Å². The fourth-order valence-electron chi connectivity index (χ4n) is 2.67. The van der Waals surface area contributed by atoms with E-state index in [0.717, 1.165) is 33.9 Å². The van der Waals surface area contributed by atoms with Crippen molar-refractivity contribution in [1.29, 1.82) is 0 Å². The Morgan fingerprint density at radius 1 is 1.31 bits per heavy atom. The van der Waals surface area contributed by atoms with Crippen molar-refractivity contribution >= 4 is 11.5 Å². The van der Waals surface area contributed by atoms with E-state index in [2.05, 4.69) is 17.0 Å². The molecule has 26 heavy (non-hydrogen) atoms. The number of ether oxygens (including phenoxy) is 1. The van der Waals surface area contributed by atoms with Gasteiger partial charge in [-0.1, -0.05) is 36.9 Å². The summed E-state index contributed by atoms with van der Waals surface area (Å²) in [6.45, 7) is 4.30. The van der Waals surface area contributed by atoms with Crippen LogP contribution in [0, 0.1) is 0 Å². The van der Waals surface area contributed by atoms with Gasteiger partial charge in [0, 0.05) is 18.3 Å². The topological polar surface area (TPSA) is 77.5 Å². The zero-order valence-electron chi connectivity index (χ0n) is 14.6. The molecule has 3 aromatic rings. The van der Waals surface area contributed by atoms with Crippen molar-refractivity contribution in [3.8, 4) is 16.9 Å². The van der Waals surface area contributed by atoms with E-state index in [1.165, 1.54) is 6.20 Å². The molecule has 6 heteroatoms. The van der Waals surface area contributed by atoms with Gasteiger partial charge in [0.2, 0.25) is 0 Å². The SMILES string of the molecule is C=C/C=C(\C=C/N)CNc1ccn2ncc(-c3ccccc3OC)c2n1. The third-order valence-electron chi connectivity index (χ3n) is 3.88. The molecule has 0 amide bonds. The van der Waals surface area contributed by atoms with Crippen LogP contribution in [0.1, 0.15) is 0 Å². The number of rotatable bonds is 7. The summed E-state index contributed by atoms with van der Waals surface area (Å²) in [5.74, 6) is 1.53. The van der Waals surface area contributed by atoms with Gasteiger partial charge in [0.1, 0.15) is 11.6 Å². The number of benzene rings is 1. The van der Waals surface area contributed by atoms with E-state index >= 15 is 0 Å². The summed E-state index contributed by atoms with van der Waals surface area (Å²) in [5.41, 5.74) is 9.10. The lowest BCUT2D eigenvalue weighted by Crippen LogP contribution is -2.06. The van der Waals surface area contributed by atoms with E-state index in [1.54, 1.807) is 23.9 Å². The second kappa shape index (κ2) is 8.02. The Morgan fingerprint density at radius 3 is 2.92 bits per heavy atom. The van der Waals surface area contributed by atoms with Crippen molar-refractivity contribution in [2.24, 2.45) is 5.73 Å². The Hall–Kier alpha value is -3.54. The van der Waals surface area contributed by atoms with Gasteiger partial charge in [0.15, 0.2) is 5.65 Å². The highest BCUT2D eigenvalue weighted by Crippen LogP contribution is 2.32. The summed E-state index contributed by atoms with van der Waals surface area (Å²) < 4.78 is 7.21. The zero-order valence-corrected chi connectivity index (χ0v) is 14.6. The van der Waals surface area contributed by atoms with Crippen LogP contribution in [-0.4, -0.2) is 28.3 Å². The predicted octanol–water partition coefficient (Wildman–Crippen LogP) is 3.40. The number of anilines is 1. The molecule has 0 aliphatic carbocycles. The molecule has 0 saturated heterocycles. The van der Waals surface area contributed by atoms with E-state index < -0.39 is 0 Å². The van der Waals surface area contributed by atoms with Crippen LogP contribution in [0.2, 0.25) is 0 Å². The number of hydrogen-bond acceptors (Lipinski definition) is 5. The van der Waals surface area contributed by atoms with Crippen molar-refractivity contribution < 1.29 is 4.74 Å². The quantitative estimate of drug-likeness (QED) is 0.641. The predicted molar refractivity (Wildman–Crippen MR) is 105 cm³/mol. The molecule has 3 rings (SSSR count). The number of nitrogens with one attached hydrogen (secondary N) is 1. The minimum absolute atomic E-state index is 0.584. The molecule has 0 radical (unpaired) electrons. The van der Waals surface area contributed by atoms with Crippen LogP contribution in [-0.2, 0) is 0 Å². The number of para-hydroxylation sites is 1. The zero-order chi connectivity index (χ0) is 18.4. The largest absolute Gasteiger partial charge is 0.496 e. The minimum atomic E-state index is 0.584. The molecule has 0 aliphatic rings. The lowest BCUT2D eigenvalue weighted by molar-refractivity contribution is 0.416. The summed E-state index contributed by atoms with van der Waals surface area (Å²) in [6, 6.07) is 9.70. The van der Waals surface area contributed by atoms with Gasteiger partial charge in [-0.2, -0.15) is 5.10 Å². The summed E-state index contributed by atoms with van der Waals surface area (Å²) in [4.78, 5) is 4.70. The first-order valence-electron chi connectivity index (χ1n) is 8.18. The Balaban J connectivity index is 1.93. The van der Waals surface area contributed by atoms with Gasteiger partial charge < -0.3 is 15.8 Å². The molecule has 0 atom stereocenters. The molecule has 0 unspecified atom stereocenters. The van der Waals surface area contributed by atoms with Crippen LogP contribution in [0.5, 0.6) is 5.75 Å². The normalized spacial score (nSPS) is 11.8. The van der Waals surface area contributed by atoms with Crippen molar-refractivity contribution in [2.75, 3.05) is 19.0 Å². The molecule has 3 N–H and O–H groups in total. The van der Waals surface area contributed by atoms with Crippen molar-refractivity contribution in [3.63, 3.8) is 0 Å². The van der Waals surface area contributed by atoms with Gasteiger partial charge in [-0.05, 0) is 30.0 Å². The number of aromatic nitrogens is 3. The van der Waals surface area contributed by atoms with Gasteiger partial charge >= 0.3 is 0 Å².